The monoisotopic (exact) mass is 302 g/mol. The van der Waals surface area contributed by atoms with Crippen LogP contribution in [0.1, 0.15) is 102 Å². The van der Waals surface area contributed by atoms with Gasteiger partial charge in [0, 0.05) is 18.3 Å². The van der Waals surface area contributed by atoms with Gasteiger partial charge in [0.2, 0.25) is 0 Å². The van der Waals surface area contributed by atoms with Crippen LogP contribution in [0.4, 0.5) is 0 Å². The molecule has 2 rings (SSSR count). The lowest BCUT2D eigenvalue weighted by atomic mass is 9.79. The van der Waals surface area contributed by atoms with Gasteiger partial charge in [-0.15, -0.1) is 0 Å². The van der Waals surface area contributed by atoms with Gasteiger partial charge in [-0.25, -0.2) is 9.97 Å². The molecule has 0 aromatic carbocycles. The van der Waals surface area contributed by atoms with Gasteiger partial charge >= 0.3 is 0 Å². The second-order valence-electron chi connectivity index (χ2n) is 7.12. The zero-order valence-corrected chi connectivity index (χ0v) is 14.7. The molecule has 2 nitrogen and oxygen atoms in total. The van der Waals surface area contributed by atoms with E-state index in [0.29, 0.717) is 5.92 Å². The van der Waals surface area contributed by atoms with Gasteiger partial charge in [-0.1, -0.05) is 58.8 Å². The Morgan fingerprint density at radius 1 is 0.864 bits per heavy atom. The van der Waals surface area contributed by atoms with E-state index in [-0.39, 0.29) is 0 Å². The van der Waals surface area contributed by atoms with Crippen molar-refractivity contribution >= 4 is 0 Å². The van der Waals surface area contributed by atoms with Gasteiger partial charge in [-0.3, -0.25) is 0 Å². The van der Waals surface area contributed by atoms with Crippen LogP contribution in [0.5, 0.6) is 0 Å². The van der Waals surface area contributed by atoms with Crippen LogP contribution in [0, 0.1) is 5.92 Å². The van der Waals surface area contributed by atoms with E-state index in [1.54, 1.807) is 0 Å². The van der Waals surface area contributed by atoms with E-state index in [9.17, 15) is 0 Å². The molecule has 1 aliphatic rings. The number of hydrogen-bond acceptors (Lipinski definition) is 2. The topological polar surface area (TPSA) is 25.8 Å². The van der Waals surface area contributed by atoms with Gasteiger partial charge in [-0.05, 0) is 43.6 Å². The molecule has 1 aliphatic carbocycles. The quantitative estimate of drug-likeness (QED) is 0.518. The molecular weight excluding hydrogens is 268 g/mol. The van der Waals surface area contributed by atoms with E-state index >= 15 is 0 Å². The van der Waals surface area contributed by atoms with Crippen molar-refractivity contribution in [2.45, 2.75) is 96.8 Å². The van der Waals surface area contributed by atoms with Crippen LogP contribution in [-0.4, -0.2) is 9.97 Å². The molecule has 0 aliphatic heterocycles. The Kier molecular flexibility index (Phi) is 7.90. The maximum Gasteiger partial charge on any atom is 0.131 e. The van der Waals surface area contributed by atoms with Gasteiger partial charge in [0.25, 0.3) is 0 Å². The van der Waals surface area contributed by atoms with Gasteiger partial charge in [0.15, 0.2) is 0 Å². The third kappa shape index (κ3) is 5.70. The molecule has 0 saturated heterocycles. The Balaban J connectivity index is 1.68. The van der Waals surface area contributed by atoms with E-state index < -0.39 is 0 Å². The van der Waals surface area contributed by atoms with Crippen LogP contribution < -0.4 is 0 Å². The van der Waals surface area contributed by atoms with Crippen LogP contribution in [0.15, 0.2) is 12.4 Å². The highest BCUT2D eigenvalue weighted by molar-refractivity contribution is 5.08. The lowest BCUT2D eigenvalue weighted by Crippen LogP contribution is -2.15. The minimum Gasteiger partial charge on any atom is -0.241 e. The highest BCUT2D eigenvalue weighted by Crippen LogP contribution is 2.36. The molecule has 0 amide bonds. The maximum atomic E-state index is 4.63. The smallest absolute Gasteiger partial charge is 0.131 e. The van der Waals surface area contributed by atoms with Crippen molar-refractivity contribution in [1.82, 2.24) is 9.97 Å². The summed E-state index contributed by atoms with van der Waals surface area (Å²) in [5, 5.41) is 0. The van der Waals surface area contributed by atoms with E-state index in [0.717, 1.165) is 18.2 Å². The fourth-order valence-electron chi connectivity index (χ4n) is 3.74. The van der Waals surface area contributed by atoms with Crippen molar-refractivity contribution in [3.63, 3.8) is 0 Å². The summed E-state index contributed by atoms with van der Waals surface area (Å²) in [6, 6.07) is 0. The van der Waals surface area contributed by atoms with E-state index in [1.165, 1.54) is 76.2 Å². The third-order valence-electron chi connectivity index (χ3n) is 5.19. The van der Waals surface area contributed by atoms with Gasteiger partial charge < -0.3 is 0 Å². The van der Waals surface area contributed by atoms with Gasteiger partial charge in [0.05, 0.1) is 0 Å². The molecule has 1 saturated carbocycles. The molecule has 124 valence electrons. The lowest BCUT2D eigenvalue weighted by Gasteiger charge is -2.27. The molecular formula is C20H34N2. The molecule has 22 heavy (non-hydrogen) atoms. The van der Waals surface area contributed by atoms with Gasteiger partial charge in [-0.2, -0.15) is 0 Å². The zero-order valence-electron chi connectivity index (χ0n) is 14.7. The Hall–Kier alpha value is -0.920. The molecule has 0 bridgehead atoms. The fraction of sp³-hybridized carbons (Fsp3) is 0.800. The molecule has 0 atom stereocenters. The largest absolute Gasteiger partial charge is 0.241 e. The van der Waals surface area contributed by atoms with E-state index in [4.69, 9.17) is 0 Å². The Labute approximate surface area is 137 Å². The first-order valence-corrected chi connectivity index (χ1v) is 9.64. The first-order valence-electron chi connectivity index (χ1n) is 9.64. The number of nitrogens with zero attached hydrogens (tertiary/aromatic N) is 2. The summed E-state index contributed by atoms with van der Waals surface area (Å²) in [5.41, 5.74) is 1.28. The van der Waals surface area contributed by atoms with E-state index in [2.05, 4.69) is 23.8 Å². The summed E-state index contributed by atoms with van der Waals surface area (Å²) >= 11 is 0. The predicted octanol–water partition coefficient (Wildman–Crippen LogP) is 6.06. The van der Waals surface area contributed by atoms with Crippen molar-refractivity contribution in [3.8, 4) is 0 Å². The number of unbranched alkanes of at least 4 members (excludes halogenated alkanes) is 4. The standard InChI is InChI=1S/C20H34N2/c1-3-5-6-7-8-10-17-11-13-19(14-12-17)20-21-15-18(9-4-2)16-22-20/h15-17,19H,3-14H2,1-2H3/t17-,19-. The summed E-state index contributed by atoms with van der Waals surface area (Å²) in [5.74, 6) is 2.69. The van der Waals surface area contributed by atoms with Crippen LogP contribution in [0.3, 0.4) is 0 Å². The molecule has 0 radical (unpaired) electrons. The Morgan fingerprint density at radius 2 is 1.55 bits per heavy atom. The molecule has 0 spiro atoms. The van der Waals surface area contributed by atoms with Crippen molar-refractivity contribution in [3.05, 3.63) is 23.8 Å². The van der Waals surface area contributed by atoms with E-state index in [1.807, 2.05) is 12.4 Å². The number of hydrogen-bond donors (Lipinski definition) is 0. The summed E-state index contributed by atoms with van der Waals surface area (Å²) in [6.45, 7) is 4.50. The minimum absolute atomic E-state index is 0.618. The van der Waals surface area contributed by atoms with Crippen molar-refractivity contribution in [2.24, 2.45) is 5.92 Å². The fourth-order valence-corrected chi connectivity index (χ4v) is 3.74. The Bertz CT molecular complexity index is 391. The number of aryl methyl sites for hydroxylation is 1. The first kappa shape index (κ1) is 17.4. The Morgan fingerprint density at radius 3 is 2.18 bits per heavy atom. The molecule has 1 aromatic heterocycles. The average Bonchev–Trinajstić information content (AvgIpc) is 2.56. The van der Waals surface area contributed by atoms with Crippen molar-refractivity contribution in [2.75, 3.05) is 0 Å². The summed E-state index contributed by atoms with van der Waals surface area (Å²) in [6.07, 6.45) is 20.3. The minimum atomic E-state index is 0.618. The second-order valence-corrected chi connectivity index (χ2v) is 7.12. The lowest BCUT2D eigenvalue weighted by molar-refractivity contribution is 0.296. The summed E-state index contributed by atoms with van der Waals surface area (Å²) < 4.78 is 0. The zero-order chi connectivity index (χ0) is 15.6. The second kappa shape index (κ2) is 9.97. The maximum absolute atomic E-state index is 4.63. The molecule has 1 fully saturated rings. The van der Waals surface area contributed by atoms with Gasteiger partial charge in [0.1, 0.15) is 5.82 Å². The van der Waals surface area contributed by atoms with Crippen LogP contribution in [0.25, 0.3) is 0 Å². The number of rotatable bonds is 9. The predicted molar refractivity (Wildman–Crippen MR) is 94.1 cm³/mol. The molecule has 1 aromatic rings. The number of aromatic nitrogens is 2. The molecule has 2 heteroatoms. The highest BCUT2D eigenvalue weighted by Gasteiger charge is 2.23. The normalized spacial score (nSPS) is 21.9. The SMILES string of the molecule is CCCCCCC[C@H]1CC[C@H](c2ncc(CCC)cn2)CC1. The molecule has 0 unspecified atom stereocenters. The van der Waals surface area contributed by atoms with Crippen LogP contribution in [-0.2, 0) is 6.42 Å². The third-order valence-corrected chi connectivity index (χ3v) is 5.19. The molecule has 1 heterocycles. The van der Waals surface area contributed by atoms with Crippen LogP contribution in [0.2, 0.25) is 0 Å². The molecule has 0 N–H and O–H groups in total. The first-order chi connectivity index (χ1) is 10.8. The average molecular weight is 303 g/mol. The van der Waals surface area contributed by atoms with Crippen LogP contribution >= 0.6 is 0 Å². The van der Waals surface area contributed by atoms with Crippen molar-refractivity contribution in [1.29, 1.82) is 0 Å². The highest BCUT2D eigenvalue weighted by atomic mass is 14.9. The van der Waals surface area contributed by atoms with Crippen molar-refractivity contribution < 1.29 is 0 Å². The summed E-state index contributed by atoms with van der Waals surface area (Å²) in [4.78, 5) is 9.26. The summed E-state index contributed by atoms with van der Waals surface area (Å²) in [7, 11) is 0.